The molecule has 3 nitrogen and oxygen atoms in total. The van der Waals surface area contributed by atoms with Crippen LogP contribution in [0.15, 0.2) is 42.5 Å². The van der Waals surface area contributed by atoms with Crippen molar-refractivity contribution in [2.75, 3.05) is 18.5 Å². The quantitative estimate of drug-likeness (QED) is 0.814. The molecule has 0 unspecified atom stereocenters. The lowest BCUT2D eigenvalue weighted by Crippen LogP contribution is -2.00. The van der Waals surface area contributed by atoms with E-state index in [0.717, 1.165) is 43.4 Å². The Morgan fingerprint density at radius 3 is 2.50 bits per heavy atom. The minimum Gasteiger partial charge on any atom is -0.490 e. The maximum absolute atomic E-state index is 5.70. The van der Waals surface area contributed by atoms with Crippen LogP contribution in [0.5, 0.6) is 11.5 Å². The molecule has 0 fully saturated rings. The lowest BCUT2D eigenvalue weighted by molar-refractivity contribution is 0.297. The number of rotatable bonds is 3. The summed E-state index contributed by atoms with van der Waals surface area (Å²) < 4.78 is 12.6. The normalized spacial score (nSPS) is 13.7. The zero-order valence-electron chi connectivity index (χ0n) is 11.1. The van der Waals surface area contributed by atoms with E-state index >= 15 is 0 Å². The van der Waals surface area contributed by atoms with Crippen LogP contribution in [0.25, 0.3) is 0 Å². The summed E-state index contributed by atoms with van der Waals surface area (Å²) in [5.74, 6) is 1.70. The van der Waals surface area contributed by atoms with Crippen molar-refractivity contribution >= 4 is 28.3 Å². The fraction of sp³-hybridized carbons (Fsp3) is 0.250. The molecule has 20 heavy (non-hydrogen) atoms. The topological polar surface area (TPSA) is 30.5 Å². The first-order valence-electron chi connectivity index (χ1n) is 6.69. The van der Waals surface area contributed by atoms with Crippen molar-refractivity contribution in [3.8, 4) is 11.5 Å². The Balaban J connectivity index is 1.68. The van der Waals surface area contributed by atoms with Gasteiger partial charge in [0.2, 0.25) is 0 Å². The van der Waals surface area contributed by atoms with Gasteiger partial charge in [-0.15, -0.1) is 0 Å². The molecule has 0 amide bonds. The van der Waals surface area contributed by atoms with Crippen molar-refractivity contribution in [3.63, 3.8) is 0 Å². The number of halogens is 1. The van der Waals surface area contributed by atoms with E-state index in [1.165, 1.54) is 9.13 Å². The van der Waals surface area contributed by atoms with Crippen LogP contribution in [0.1, 0.15) is 12.0 Å². The summed E-state index contributed by atoms with van der Waals surface area (Å²) in [5, 5.41) is 3.41. The number of fused-ring (bicyclic) bond motifs is 1. The second kappa shape index (κ2) is 6.35. The molecule has 0 radical (unpaired) electrons. The Kier molecular flexibility index (Phi) is 4.30. The first kappa shape index (κ1) is 13.5. The second-order valence-corrected chi connectivity index (χ2v) is 5.94. The van der Waals surface area contributed by atoms with E-state index in [4.69, 9.17) is 9.47 Å². The standard InChI is InChI=1S/C16H16INO2/c17-13-3-5-14(6-4-13)18-11-12-2-7-15-16(10-12)20-9-1-8-19-15/h2-7,10,18H,1,8-9,11H2. The van der Waals surface area contributed by atoms with Crippen molar-refractivity contribution in [1.29, 1.82) is 0 Å². The zero-order chi connectivity index (χ0) is 13.8. The van der Waals surface area contributed by atoms with Crippen LogP contribution in [-0.4, -0.2) is 13.2 Å². The average Bonchev–Trinajstić information content (AvgIpc) is 2.71. The van der Waals surface area contributed by atoms with Crippen LogP contribution in [0.4, 0.5) is 5.69 Å². The van der Waals surface area contributed by atoms with Gasteiger partial charge in [-0.25, -0.2) is 0 Å². The second-order valence-electron chi connectivity index (χ2n) is 4.69. The molecular formula is C16H16INO2. The van der Waals surface area contributed by atoms with Crippen molar-refractivity contribution in [2.45, 2.75) is 13.0 Å². The third kappa shape index (κ3) is 3.36. The van der Waals surface area contributed by atoms with Crippen LogP contribution in [0, 0.1) is 3.57 Å². The molecule has 0 bridgehead atoms. The molecule has 104 valence electrons. The minimum atomic E-state index is 0.723. The largest absolute Gasteiger partial charge is 0.490 e. The van der Waals surface area contributed by atoms with E-state index in [2.05, 4.69) is 64.3 Å². The van der Waals surface area contributed by atoms with Crippen LogP contribution >= 0.6 is 22.6 Å². The molecule has 1 N–H and O–H groups in total. The highest BCUT2D eigenvalue weighted by Crippen LogP contribution is 2.30. The highest BCUT2D eigenvalue weighted by Gasteiger charge is 2.10. The Morgan fingerprint density at radius 1 is 0.950 bits per heavy atom. The molecule has 0 atom stereocenters. The fourth-order valence-electron chi connectivity index (χ4n) is 2.09. The molecule has 1 aliphatic rings. The Morgan fingerprint density at radius 2 is 1.70 bits per heavy atom. The fourth-order valence-corrected chi connectivity index (χ4v) is 2.45. The Labute approximate surface area is 132 Å². The first-order valence-corrected chi connectivity index (χ1v) is 7.77. The first-order chi connectivity index (χ1) is 9.81. The van der Waals surface area contributed by atoms with E-state index in [-0.39, 0.29) is 0 Å². The molecule has 0 saturated carbocycles. The maximum atomic E-state index is 5.70. The van der Waals surface area contributed by atoms with Crippen LogP contribution in [0.2, 0.25) is 0 Å². The average molecular weight is 381 g/mol. The molecule has 4 heteroatoms. The van der Waals surface area contributed by atoms with Crippen molar-refractivity contribution in [2.24, 2.45) is 0 Å². The third-order valence-corrected chi connectivity index (χ3v) is 3.87. The molecule has 0 aromatic heterocycles. The molecular weight excluding hydrogens is 365 g/mol. The number of anilines is 1. The summed E-state index contributed by atoms with van der Waals surface area (Å²) in [7, 11) is 0. The lowest BCUT2D eigenvalue weighted by atomic mass is 10.2. The van der Waals surface area contributed by atoms with Gasteiger partial charge in [0, 0.05) is 22.2 Å². The predicted molar refractivity (Wildman–Crippen MR) is 88.5 cm³/mol. The SMILES string of the molecule is Ic1ccc(NCc2ccc3c(c2)OCCCO3)cc1. The van der Waals surface area contributed by atoms with E-state index in [0.29, 0.717) is 0 Å². The van der Waals surface area contributed by atoms with E-state index in [1.54, 1.807) is 0 Å². The number of benzene rings is 2. The van der Waals surface area contributed by atoms with Gasteiger partial charge >= 0.3 is 0 Å². The summed E-state index contributed by atoms with van der Waals surface area (Å²) in [6.07, 6.45) is 0.935. The summed E-state index contributed by atoms with van der Waals surface area (Å²) in [6, 6.07) is 14.5. The number of hydrogen-bond acceptors (Lipinski definition) is 3. The smallest absolute Gasteiger partial charge is 0.161 e. The van der Waals surface area contributed by atoms with E-state index in [1.807, 2.05) is 6.07 Å². The minimum absolute atomic E-state index is 0.723. The van der Waals surface area contributed by atoms with Crippen LogP contribution < -0.4 is 14.8 Å². The predicted octanol–water partition coefficient (Wildman–Crippen LogP) is 4.06. The van der Waals surface area contributed by atoms with E-state index in [9.17, 15) is 0 Å². The third-order valence-electron chi connectivity index (χ3n) is 3.15. The molecule has 1 heterocycles. The summed E-state index contributed by atoms with van der Waals surface area (Å²) in [6.45, 7) is 2.23. The van der Waals surface area contributed by atoms with Gasteiger partial charge in [0.1, 0.15) is 0 Å². The van der Waals surface area contributed by atoms with Crippen LogP contribution in [0.3, 0.4) is 0 Å². The molecule has 2 aromatic carbocycles. The maximum Gasteiger partial charge on any atom is 0.161 e. The number of ether oxygens (including phenoxy) is 2. The van der Waals surface area contributed by atoms with Gasteiger partial charge in [-0.1, -0.05) is 6.07 Å². The van der Waals surface area contributed by atoms with Crippen LogP contribution in [-0.2, 0) is 6.54 Å². The number of nitrogens with one attached hydrogen (secondary N) is 1. The molecule has 3 rings (SSSR count). The van der Waals surface area contributed by atoms with Gasteiger partial charge in [0.25, 0.3) is 0 Å². The van der Waals surface area contributed by atoms with Gasteiger partial charge in [0.05, 0.1) is 13.2 Å². The molecule has 2 aromatic rings. The van der Waals surface area contributed by atoms with Crippen molar-refractivity contribution < 1.29 is 9.47 Å². The highest BCUT2D eigenvalue weighted by molar-refractivity contribution is 14.1. The van der Waals surface area contributed by atoms with Crippen molar-refractivity contribution in [1.82, 2.24) is 0 Å². The lowest BCUT2D eigenvalue weighted by Gasteiger charge is -2.11. The molecule has 1 aliphatic heterocycles. The van der Waals surface area contributed by atoms with Gasteiger partial charge < -0.3 is 14.8 Å². The summed E-state index contributed by atoms with van der Waals surface area (Å²) >= 11 is 2.31. The zero-order valence-corrected chi connectivity index (χ0v) is 13.2. The Bertz CT molecular complexity index is 584. The summed E-state index contributed by atoms with van der Waals surface area (Å²) in [5.41, 5.74) is 2.31. The molecule has 0 aliphatic carbocycles. The van der Waals surface area contributed by atoms with Gasteiger partial charge in [0.15, 0.2) is 11.5 Å². The van der Waals surface area contributed by atoms with E-state index < -0.39 is 0 Å². The Hall–Kier alpha value is -1.43. The van der Waals surface area contributed by atoms with Gasteiger partial charge in [-0.05, 0) is 64.6 Å². The van der Waals surface area contributed by atoms with Gasteiger partial charge in [-0.2, -0.15) is 0 Å². The highest BCUT2D eigenvalue weighted by atomic mass is 127. The van der Waals surface area contributed by atoms with Gasteiger partial charge in [-0.3, -0.25) is 0 Å². The summed E-state index contributed by atoms with van der Waals surface area (Å²) in [4.78, 5) is 0. The van der Waals surface area contributed by atoms with Crippen molar-refractivity contribution in [3.05, 3.63) is 51.6 Å². The number of hydrogen-bond donors (Lipinski definition) is 1. The molecule has 0 saturated heterocycles. The monoisotopic (exact) mass is 381 g/mol. The molecule has 0 spiro atoms.